The Morgan fingerprint density at radius 1 is 1.04 bits per heavy atom. The van der Waals surface area contributed by atoms with Gasteiger partial charge in [-0.25, -0.2) is 0 Å². The number of benzene rings is 2. The maximum Gasteiger partial charge on any atom is 0.260 e. The van der Waals surface area contributed by atoms with E-state index in [1.807, 2.05) is 26.0 Å². The van der Waals surface area contributed by atoms with Crippen LogP contribution in [0.25, 0.3) is 0 Å². The molecule has 6 heteroatoms. The predicted octanol–water partition coefficient (Wildman–Crippen LogP) is 4.40. The van der Waals surface area contributed by atoms with Gasteiger partial charge < -0.3 is 15.0 Å². The van der Waals surface area contributed by atoms with E-state index >= 15 is 0 Å². The molecule has 0 spiro atoms. The SMILES string of the molecule is CCc1ccc(C(=O)Nc2ccc(OCC(=O)N(CC)CC)c(Cl)c2)cc1. The van der Waals surface area contributed by atoms with Crippen molar-refractivity contribution in [2.24, 2.45) is 0 Å². The molecule has 0 atom stereocenters. The zero-order valence-corrected chi connectivity index (χ0v) is 16.7. The van der Waals surface area contributed by atoms with Crippen LogP contribution in [0, 0.1) is 0 Å². The number of carbonyl (C=O) groups is 2. The standard InChI is InChI=1S/C21H25ClN2O3/c1-4-15-7-9-16(10-8-15)21(26)23-17-11-12-19(18(22)13-17)27-14-20(25)24(5-2)6-3/h7-13H,4-6,14H2,1-3H3,(H,23,26). The first-order valence-corrected chi connectivity index (χ1v) is 9.46. The van der Waals surface area contributed by atoms with Gasteiger partial charge in [0.1, 0.15) is 5.75 Å². The van der Waals surface area contributed by atoms with Crippen LogP contribution in [-0.4, -0.2) is 36.4 Å². The molecule has 0 aliphatic heterocycles. The second-order valence-electron chi connectivity index (χ2n) is 6.00. The third-order valence-corrected chi connectivity index (χ3v) is 4.58. The molecule has 1 N–H and O–H groups in total. The Balaban J connectivity index is 1.99. The van der Waals surface area contributed by atoms with E-state index in [2.05, 4.69) is 12.2 Å². The molecule has 0 aliphatic rings. The van der Waals surface area contributed by atoms with E-state index in [9.17, 15) is 9.59 Å². The minimum atomic E-state index is -0.209. The summed E-state index contributed by atoms with van der Waals surface area (Å²) in [4.78, 5) is 26.0. The molecule has 2 amide bonds. The molecule has 27 heavy (non-hydrogen) atoms. The molecular formula is C21H25ClN2O3. The van der Waals surface area contributed by atoms with E-state index in [1.54, 1.807) is 35.2 Å². The maximum atomic E-state index is 12.3. The Bertz CT molecular complexity index is 787. The molecule has 0 fully saturated rings. The van der Waals surface area contributed by atoms with Crippen molar-refractivity contribution in [3.05, 3.63) is 58.6 Å². The van der Waals surface area contributed by atoms with E-state index in [4.69, 9.17) is 16.3 Å². The lowest BCUT2D eigenvalue weighted by Gasteiger charge is -2.19. The van der Waals surface area contributed by atoms with Gasteiger partial charge in [-0.15, -0.1) is 0 Å². The van der Waals surface area contributed by atoms with Crippen LogP contribution in [0.1, 0.15) is 36.7 Å². The Hall–Kier alpha value is -2.53. The first-order chi connectivity index (χ1) is 13.0. The first kappa shape index (κ1) is 20.8. The topological polar surface area (TPSA) is 58.6 Å². The summed E-state index contributed by atoms with van der Waals surface area (Å²) < 4.78 is 5.52. The zero-order valence-electron chi connectivity index (χ0n) is 15.9. The highest BCUT2D eigenvalue weighted by atomic mass is 35.5. The summed E-state index contributed by atoms with van der Waals surface area (Å²) >= 11 is 6.23. The molecule has 0 heterocycles. The fraction of sp³-hybridized carbons (Fsp3) is 0.333. The van der Waals surface area contributed by atoms with Crippen LogP contribution in [0.5, 0.6) is 5.75 Å². The lowest BCUT2D eigenvalue weighted by molar-refractivity contribution is -0.132. The monoisotopic (exact) mass is 388 g/mol. The Morgan fingerprint density at radius 3 is 2.26 bits per heavy atom. The average molecular weight is 389 g/mol. The van der Waals surface area contributed by atoms with Crippen LogP contribution in [0.2, 0.25) is 5.02 Å². The van der Waals surface area contributed by atoms with Gasteiger partial charge in [0, 0.05) is 24.3 Å². The van der Waals surface area contributed by atoms with Crippen molar-refractivity contribution in [1.29, 1.82) is 0 Å². The van der Waals surface area contributed by atoms with Gasteiger partial charge in [-0.3, -0.25) is 9.59 Å². The summed E-state index contributed by atoms with van der Waals surface area (Å²) in [5, 5.41) is 3.15. The van der Waals surface area contributed by atoms with Crippen molar-refractivity contribution in [2.45, 2.75) is 27.2 Å². The molecule has 0 aliphatic carbocycles. The molecule has 0 bridgehead atoms. The molecule has 2 aromatic rings. The number of hydrogen-bond donors (Lipinski definition) is 1. The maximum absolute atomic E-state index is 12.3. The molecule has 144 valence electrons. The van der Waals surface area contributed by atoms with Crippen molar-refractivity contribution in [1.82, 2.24) is 4.90 Å². The van der Waals surface area contributed by atoms with Crippen molar-refractivity contribution in [3.63, 3.8) is 0 Å². The molecule has 2 rings (SSSR count). The number of carbonyl (C=O) groups excluding carboxylic acids is 2. The summed E-state index contributed by atoms with van der Waals surface area (Å²) in [5.74, 6) is 0.102. The number of halogens is 1. The van der Waals surface area contributed by atoms with Crippen LogP contribution < -0.4 is 10.1 Å². The van der Waals surface area contributed by atoms with Gasteiger partial charge in [0.2, 0.25) is 0 Å². The molecule has 0 saturated carbocycles. The second kappa shape index (κ2) is 9.97. The van der Waals surface area contributed by atoms with Gasteiger partial charge in [-0.2, -0.15) is 0 Å². The normalized spacial score (nSPS) is 10.4. The Labute approximate surface area is 165 Å². The lowest BCUT2D eigenvalue weighted by atomic mass is 10.1. The van der Waals surface area contributed by atoms with Crippen molar-refractivity contribution in [2.75, 3.05) is 25.0 Å². The molecule has 0 aromatic heterocycles. The summed E-state index contributed by atoms with van der Waals surface area (Å²) in [6, 6.07) is 12.4. The molecule has 2 aromatic carbocycles. The molecule has 0 saturated heterocycles. The van der Waals surface area contributed by atoms with Crippen LogP contribution in [-0.2, 0) is 11.2 Å². The summed E-state index contributed by atoms with van der Waals surface area (Å²) in [6.45, 7) is 7.10. The van der Waals surface area contributed by atoms with Crippen LogP contribution >= 0.6 is 11.6 Å². The van der Waals surface area contributed by atoms with Gasteiger partial charge in [0.25, 0.3) is 11.8 Å². The lowest BCUT2D eigenvalue weighted by Crippen LogP contribution is -2.34. The first-order valence-electron chi connectivity index (χ1n) is 9.08. The van der Waals surface area contributed by atoms with Crippen molar-refractivity contribution in [3.8, 4) is 5.75 Å². The van der Waals surface area contributed by atoms with E-state index in [-0.39, 0.29) is 18.4 Å². The largest absolute Gasteiger partial charge is 0.482 e. The number of aryl methyl sites for hydroxylation is 1. The number of hydrogen-bond acceptors (Lipinski definition) is 3. The Morgan fingerprint density at radius 2 is 1.70 bits per heavy atom. The van der Waals surface area contributed by atoms with Crippen LogP contribution in [0.4, 0.5) is 5.69 Å². The highest BCUT2D eigenvalue weighted by Crippen LogP contribution is 2.28. The molecule has 5 nitrogen and oxygen atoms in total. The summed E-state index contributed by atoms with van der Waals surface area (Å²) in [6.07, 6.45) is 0.926. The number of amides is 2. The molecule has 0 unspecified atom stereocenters. The summed E-state index contributed by atoms with van der Waals surface area (Å²) in [5.41, 5.74) is 2.32. The van der Waals surface area contributed by atoms with Gasteiger partial charge in [0.15, 0.2) is 6.61 Å². The predicted molar refractivity (Wildman–Crippen MR) is 109 cm³/mol. The van der Waals surface area contributed by atoms with Gasteiger partial charge in [0.05, 0.1) is 5.02 Å². The Kier molecular flexibility index (Phi) is 7.67. The fourth-order valence-electron chi connectivity index (χ4n) is 2.60. The fourth-order valence-corrected chi connectivity index (χ4v) is 2.83. The van der Waals surface area contributed by atoms with Gasteiger partial charge >= 0.3 is 0 Å². The second-order valence-corrected chi connectivity index (χ2v) is 6.41. The number of rotatable bonds is 8. The zero-order chi connectivity index (χ0) is 19.8. The number of nitrogens with one attached hydrogen (secondary N) is 1. The highest BCUT2D eigenvalue weighted by Gasteiger charge is 2.12. The van der Waals surface area contributed by atoms with E-state index in [1.165, 1.54) is 5.56 Å². The van der Waals surface area contributed by atoms with Crippen LogP contribution in [0.15, 0.2) is 42.5 Å². The third kappa shape index (κ3) is 5.73. The van der Waals surface area contributed by atoms with Crippen molar-refractivity contribution >= 4 is 29.1 Å². The third-order valence-electron chi connectivity index (χ3n) is 4.28. The van der Waals surface area contributed by atoms with E-state index in [0.29, 0.717) is 35.1 Å². The minimum absolute atomic E-state index is 0.0725. The number of anilines is 1. The van der Waals surface area contributed by atoms with E-state index < -0.39 is 0 Å². The highest BCUT2D eigenvalue weighted by molar-refractivity contribution is 6.32. The van der Waals surface area contributed by atoms with Gasteiger partial charge in [-0.05, 0) is 56.2 Å². The van der Waals surface area contributed by atoms with E-state index in [0.717, 1.165) is 6.42 Å². The number of nitrogens with zero attached hydrogens (tertiary/aromatic N) is 1. The van der Waals surface area contributed by atoms with Crippen LogP contribution in [0.3, 0.4) is 0 Å². The average Bonchev–Trinajstić information content (AvgIpc) is 2.68. The summed E-state index contributed by atoms with van der Waals surface area (Å²) in [7, 11) is 0. The molecular weight excluding hydrogens is 364 g/mol. The number of ether oxygens (including phenoxy) is 1. The number of likely N-dealkylation sites (N-methyl/N-ethyl adjacent to an activating group) is 1. The minimum Gasteiger partial charge on any atom is -0.482 e. The quantitative estimate of drug-likeness (QED) is 0.729. The smallest absolute Gasteiger partial charge is 0.260 e. The molecule has 0 radical (unpaired) electrons. The van der Waals surface area contributed by atoms with Gasteiger partial charge in [-0.1, -0.05) is 30.7 Å². The van der Waals surface area contributed by atoms with Crippen molar-refractivity contribution < 1.29 is 14.3 Å².